The third kappa shape index (κ3) is 40.9. The van der Waals surface area contributed by atoms with E-state index in [9.17, 15) is 0 Å². The maximum atomic E-state index is 2.27. The Balaban J connectivity index is -0.0000000501. The molecule has 0 saturated carbocycles. The van der Waals surface area contributed by atoms with E-state index in [0.29, 0.717) is 0 Å². The molecule has 0 saturated heterocycles. The predicted octanol–water partition coefficient (Wildman–Crippen LogP) is 3.52. The van der Waals surface area contributed by atoms with Crippen LogP contribution in [-0.2, 0) is 58.4 Å². The molecule has 0 unspecified atom stereocenters. The molecule has 0 spiro atoms. The fourth-order valence-electron chi connectivity index (χ4n) is 2.57. The molecule has 31 heavy (non-hydrogen) atoms. The van der Waals surface area contributed by atoms with Crippen LogP contribution >= 0.6 is 0 Å². The van der Waals surface area contributed by atoms with Gasteiger partial charge in [0.05, 0.1) is 0 Å². The van der Waals surface area contributed by atoms with Gasteiger partial charge in [0.15, 0.2) is 0 Å². The summed E-state index contributed by atoms with van der Waals surface area (Å²) in [5.74, 6) is 0. The summed E-state index contributed by atoms with van der Waals surface area (Å²) < 4.78 is 0. The maximum Gasteiger partial charge on any atom is 0 e. The average Bonchev–Trinajstić information content (AvgIpc) is 2.46. The summed E-state index contributed by atoms with van der Waals surface area (Å²) in [5, 5.41) is 0. The minimum Gasteiger partial charge on any atom is -1.00 e. The predicted molar refractivity (Wildman–Crippen MR) is 120 cm³/mol. The molecule has 0 fully saturated rings. The Morgan fingerprint density at radius 1 is 0.258 bits per heavy atom. The van der Waals surface area contributed by atoms with Crippen LogP contribution < -0.4 is 4.70 Å². The van der Waals surface area contributed by atoms with Crippen LogP contribution in [-0.4, -0.2) is 11.0 Å². The fraction of sp³-hybridized carbons (Fsp3) is 0.500. The van der Waals surface area contributed by atoms with Crippen molar-refractivity contribution in [2.75, 3.05) is 0 Å². The van der Waals surface area contributed by atoms with Gasteiger partial charge in [-0.2, -0.15) is 0 Å². The Hall–Kier alpha value is 0.0901. The molecule has 0 aromatic carbocycles. The SMILES string of the molecule is C1=C\CC/C=C\CC/1.C1=C\CC/C=C\CC/1.C1=C\CC/C=C\CC/1.F.O.O.[F-].[Rh].[Rh].[Rh]. The number of hydrogen-bond donors (Lipinski definition) is 0. The van der Waals surface area contributed by atoms with Crippen LogP contribution in [0.25, 0.3) is 0 Å². The van der Waals surface area contributed by atoms with Crippen LogP contribution in [0.4, 0.5) is 4.70 Å². The van der Waals surface area contributed by atoms with Crippen molar-refractivity contribution in [3.05, 3.63) is 72.9 Å². The van der Waals surface area contributed by atoms with Gasteiger partial charge in [-0.25, -0.2) is 0 Å². The minimum atomic E-state index is 0. The Morgan fingerprint density at radius 2 is 0.323 bits per heavy atom. The van der Waals surface area contributed by atoms with Crippen molar-refractivity contribution in [3.63, 3.8) is 0 Å². The van der Waals surface area contributed by atoms with Crippen LogP contribution in [0.5, 0.6) is 0 Å². The van der Waals surface area contributed by atoms with E-state index < -0.39 is 0 Å². The zero-order valence-electron chi connectivity index (χ0n) is 18.2. The monoisotopic (exact) mass is 708 g/mol. The summed E-state index contributed by atoms with van der Waals surface area (Å²) in [6.45, 7) is 0. The average molecular weight is 708 g/mol. The summed E-state index contributed by atoms with van der Waals surface area (Å²) in [6, 6.07) is 0. The summed E-state index contributed by atoms with van der Waals surface area (Å²) in [7, 11) is 0. The van der Waals surface area contributed by atoms with E-state index in [1.54, 1.807) is 0 Å². The van der Waals surface area contributed by atoms with E-state index in [0.717, 1.165) is 0 Å². The van der Waals surface area contributed by atoms with Crippen LogP contribution in [0.3, 0.4) is 0 Å². The molecule has 3 aliphatic carbocycles. The van der Waals surface area contributed by atoms with Crippen LogP contribution in [0.2, 0.25) is 0 Å². The number of allylic oxidation sites excluding steroid dienone is 12. The van der Waals surface area contributed by atoms with Gasteiger partial charge in [0.25, 0.3) is 0 Å². The van der Waals surface area contributed by atoms with Crippen molar-refractivity contribution in [2.45, 2.75) is 77.0 Å². The van der Waals surface area contributed by atoms with Crippen LogP contribution in [0, 0.1) is 0 Å². The van der Waals surface area contributed by atoms with Gasteiger partial charge in [-0.3, -0.25) is 4.70 Å². The molecule has 0 aliphatic heterocycles. The minimum absolute atomic E-state index is 0. The largest absolute Gasteiger partial charge is 1.00 e. The van der Waals surface area contributed by atoms with Crippen molar-refractivity contribution in [1.29, 1.82) is 0 Å². The van der Waals surface area contributed by atoms with E-state index in [1.807, 2.05) is 0 Å². The first-order valence-corrected chi connectivity index (χ1v) is 9.90. The molecule has 3 rings (SSSR count). The first kappa shape index (κ1) is 48.5. The quantitative estimate of drug-likeness (QED) is 0.274. The first-order chi connectivity index (χ1) is 12.0. The molecule has 0 aromatic rings. The topological polar surface area (TPSA) is 63.0 Å². The Morgan fingerprint density at radius 3 is 0.387 bits per heavy atom. The van der Waals surface area contributed by atoms with Gasteiger partial charge in [-0.1, -0.05) is 72.9 Å². The zero-order chi connectivity index (χ0) is 17.0. The maximum absolute atomic E-state index is 2.27. The summed E-state index contributed by atoms with van der Waals surface area (Å²) in [6.07, 6.45) is 42.0. The number of hydrogen-bond acceptors (Lipinski definition) is 0. The summed E-state index contributed by atoms with van der Waals surface area (Å²) in [4.78, 5) is 0. The molecule has 0 aromatic heterocycles. The molecule has 0 bridgehead atoms. The number of rotatable bonds is 0. The second-order valence-electron chi connectivity index (χ2n) is 6.29. The van der Waals surface area contributed by atoms with Crippen molar-refractivity contribution < 1.29 is 78.8 Å². The van der Waals surface area contributed by atoms with Crippen molar-refractivity contribution in [1.82, 2.24) is 0 Å². The Kier molecular flexibility index (Phi) is 68.7. The van der Waals surface area contributed by atoms with Crippen molar-refractivity contribution in [2.24, 2.45) is 0 Å². The normalized spacial score (nSPS) is 21.7. The second-order valence-corrected chi connectivity index (χ2v) is 6.29. The fourth-order valence-corrected chi connectivity index (χ4v) is 2.57. The van der Waals surface area contributed by atoms with Gasteiger partial charge in [-0.15, -0.1) is 0 Å². The van der Waals surface area contributed by atoms with Crippen LogP contribution in [0.15, 0.2) is 72.9 Å². The Bertz CT molecular complexity index is 319. The van der Waals surface area contributed by atoms with Crippen molar-refractivity contribution >= 4 is 0 Å². The van der Waals surface area contributed by atoms with Crippen molar-refractivity contribution in [3.8, 4) is 0 Å². The van der Waals surface area contributed by atoms with Gasteiger partial charge >= 0.3 is 0 Å². The molecule has 191 valence electrons. The van der Waals surface area contributed by atoms with E-state index >= 15 is 0 Å². The van der Waals surface area contributed by atoms with E-state index in [2.05, 4.69) is 72.9 Å². The molecule has 0 heterocycles. The first-order valence-electron chi connectivity index (χ1n) is 9.90. The summed E-state index contributed by atoms with van der Waals surface area (Å²) >= 11 is 0. The molecule has 0 amide bonds. The van der Waals surface area contributed by atoms with E-state index in [-0.39, 0.29) is 78.8 Å². The summed E-state index contributed by atoms with van der Waals surface area (Å²) in [5.41, 5.74) is 0. The molecule has 7 heteroatoms. The van der Waals surface area contributed by atoms with E-state index in [1.165, 1.54) is 77.0 Å². The third-order valence-electron chi connectivity index (χ3n) is 4.00. The molecule has 3 aliphatic rings. The van der Waals surface area contributed by atoms with Gasteiger partial charge in [0.1, 0.15) is 0 Å². The Labute approximate surface area is 227 Å². The zero-order valence-corrected chi connectivity index (χ0v) is 23.1. The standard InChI is InChI=1S/3C8H12.2FH.2H2O.3Rh/c3*1-2-4-6-8-7-5-3-1;;;;;;;/h3*1-2,7-8H,3-6H2;2*1H;2*1H2;;;/p-1/b3*2-1-,8-7-;;;;;;;. The molecular formula is C24H41F2O2Rh3-. The van der Waals surface area contributed by atoms with Gasteiger partial charge in [0.2, 0.25) is 0 Å². The number of halogens is 2. The third-order valence-corrected chi connectivity index (χ3v) is 4.00. The van der Waals surface area contributed by atoms with Gasteiger partial charge in [0, 0.05) is 58.4 Å². The van der Waals surface area contributed by atoms with E-state index in [4.69, 9.17) is 0 Å². The smallest absolute Gasteiger partial charge is 0 e. The second kappa shape index (κ2) is 43.9. The molecule has 0 atom stereocenters. The van der Waals surface area contributed by atoms with Crippen LogP contribution in [0.1, 0.15) is 77.0 Å². The molecule has 4 N–H and O–H groups in total. The molecule has 2 nitrogen and oxygen atoms in total. The molecular weight excluding hydrogens is 667 g/mol. The molecule has 3 radical (unpaired) electrons. The van der Waals surface area contributed by atoms with Gasteiger partial charge < -0.3 is 15.7 Å². The van der Waals surface area contributed by atoms with Gasteiger partial charge in [-0.05, 0) is 77.0 Å².